The fraction of sp³-hybridized carbons (Fsp3) is 0.632. The minimum atomic E-state index is -1.03. The van der Waals surface area contributed by atoms with E-state index < -0.39 is 29.7 Å². The molecule has 3 aliphatic carbocycles. The van der Waals surface area contributed by atoms with Gasteiger partial charge in [-0.05, 0) is 39.2 Å². The number of ketones is 1. The highest BCUT2D eigenvalue weighted by atomic mass is 16.7. The quantitative estimate of drug-likeness (QED) is 0.431. The van der Waals surface area contributed by atoms with E-state index in [9.17, 15) is 14.4 Å². The van der Waals surface area contributed by atoms with Crippen molar-refractivity contribution < 1.29 is 28.6 Å². The predicted molar refractivity (Wildman–Crippen MR) is 88.2 cm³/mol. The van der Waals surface area contributed by atoms with E-state index in [-0.39, 0.29) is 23.7 Å². The second-order valence-electron chi connectivity index (χ2n) is 7.46. The highest BCUT2D eigenvalue weighted by Crippen LogP contribution is 2.69. The Morgan fingerprint density at radius 3 is 2.44 bits per heavy atom. The van der Waals surface area contributed by atoms with Crippen molar-refractivity contribution in [3.63, 3.8) is 0 Å². The molecule has 136 valence electrons. The Bertz CT molecular complexity index is 686. The Labute approximate surface area is 147 Å². The third kappa shape index (κ3) is 2.63. The van der Waals surface area contributed by atoms with Crippen molar-refractivity contribution in [2.75, 3.05) is 0 Å². The molecule has 4 aliphatic rings. The van der Waals surface area contributed by atoms with Crippen LogP contribution in [0.2, 0.25) is 0 Å². The Balaban J connectivity index is 2.08. The lowest BCUT2D eigenvalue weighted by Crippen LogP contribution is -2.65. The summed E-state index contributed by atoms with van der Waals surface area (Å²) in [7, 11) is 0. The standard InChI is InChI=1S/C19H24O6/c1-9(2)6-15(22)17(23-11(4)20)19-13-8-14(19)16(7-10(13)3)25-18(19)24-12(5)21/h6-7,13-14,16-18H,8H2,1-5H3/t13-,14+,16-,17?,18+,19+/m1/s1. The maximum atomic E-state index is 12.9. The van der Waals surface area contributed by atoms with Crippen LogP contribution in [0.4, 0.5) is 0 Å². The molecule has 6 heteroatoms. The summed E-state index contributed by atoms with van der Waals surface area (Å²) < 4.78 is 16.9. The average Bonchev–Trinajstić information content (AvgIpc) is 2.58. The van der Waals surface area contributed by atoms with Gasteiger partial charge in [-0.1, -0.05) is 17.2 Å². The summed E-state index contributed by atoms with van der Waals surface area (Å²) in [5, 5.41) is 0. The second kappa shape index (κ2) is 6.09. The van der Waals surface area contributed by atoms with Gasteiger partial charge in [0, 0.05) is 19.8 Å². The first-order valence-electron chi connectivity index (χ1n) is 8.54. The molecule has 0 N–H and O–H groups in total. The summed E-state index contributed by atoms with van der Waals surface area (Å²) in [4.78, 5) is 36.2. The number of carbonyl (C=O) groups is 3. The van der Waals surface area contributed by atoms with Crippen LogP contribution in [0, 0.1) is 17.3 Å². The van der Waals surface area contributed by atoms with E-state index >= 15 is 0 Å². The minimum Gasteiger partial charge on any atom is -0.453 e. The van der Waals surface area contributed by atoms with Gasteiger partial charge in [0.1, 0.15) is 0 Å². The number of allylic oxidation sites excluding steroid dienone is 2. The van der Waals surface area contributed by atoms with Crippen LogP contribution in [0.5, 0.6) is 0 Å². The molecule has 0 aromatic carbocycles. The number of carbonyl (C=O) groups excluding carboxylic acids is 3. The van der Waals surface area contributed by atoms with Crippen LogP contribution >= 0.6 is 0 Å². The Morgan fingerprint density at radius 1 is 1.24 bits per heavy atom. The molecular weight excluding hydrogens is 324 g/mol. The van der Waals surface area contributed by atoms with E-state index in [1.54, 1.807) is 0 Å². The summed E-state index contributed by atoms with van der Waals surface area (Å²) in [5.41, 5.74) is 1.06. The third-order valence-electron chi connectivity index (χ3n) is 5.50. The third-order valence-corrected chi connectivity index (χ3v) is 5.50. The zero-order chi connectivity index (χ0) is 18.5. The van der Waals surface area contributed by atoms with Gasteiger partial charge in [-0.3, -0.25) is 14.4 Å². The maximum absolute atomic E-state index is 12.9. The Morgan fingerprint density at radius 2 is 1.92 bits per heavy atom. The molecule has 6 atom stereocenters. The van der Waals surface area contributed by atoms with Gasteiger partial charge < -0.3 is 14.2 Å². The average molecular weight is 348 g/mol. The van der Waals surface area contributed by atoms with Crippen LogP contribution in [0.3, 0.4) is 0 Å². The zero-order valence-electron chi connectivity index (χ0n) is 15.2. The van der Waals surface area contributed by atoms with Gasteiger partial charge in [-0.2, -0.15) is 0 Å². The van der Waals surface area contributed by atoms with Crippen molar-refractivity contribution in [3.8, 4) is 0 Å². The summed E-state index contributed by atoms with van der Waals surface area (Å²) in [5.74, 6) is -1.33. The van der Waals surface area contributed by atoms with Crippen LogP contribution in [-0.2, 0) is 28.6 Å². The lowest BCUT2D eigenvalue weighted by molar-refractivity contribution is -0.229. The minimum absolute atomic E-state index is 0.00980. The van der Waals surface area contributed by atoms with Crippen molar-refractivity contribution in [2.24, 2.45) is 17.3 Å². The van der Waals surface area contributed by atoms with Gasteiger partial charge in [0.2, 0.25) is 6.29 Å². The van der Waals surface area contributed by atoms with Crippen molar-refractivity contribution in [2.45, 2.75) is 59.5 Å². The lowest BCUT2D eigenvalue weighted by Gasteiger charge is -2.58. The van der Waals surface area contributed by atoms with Crippen molar-refractivity contribution in [3.05, 3.63) is 23.3 Å². The summed E-state index contributed by atoms with van der Waals surface area (Å²) >= 11 is 0. The molecule has 0 radical (unpaired) electrons. The van der Waals surface area contributed by atoms with E-state index in [4.69, 9.17) is 14.2 Å². The molecule has 6 nitrogen and oxygen atoms in total. The molecule has 0 aromatic rings. The molecule has 1 unspecified atom stereocenters. The molecule has 25 heavy (non-hydrogen) atoms. The van der Waals surface area contributed by atoms with E-state index in [2.05, 4.69) is 0 Å². The van der Waals surface area contributed by atoms with E-state index in [0.29, 0.717) is 0 Å². The highest BCUT2D eigenvalue weighted by molar-refractivity contribution is 5.96. The van der Waals surface area contributed by atoms with E-state index in [0.717, 1.165) is 17.6 Å². The summed E-state index contributed by atoms with van der Waals surface area (Å²) in [6.07, 6.45) is 2.19. The van der Waals surface area contributed by atoms with Crippen LogP contribution in [0.15, 0.2) is 23.3 Å². The van der Waals surface area contributed by atoms with Crippen LogP contribution in [0.25, 0.3) is 0 Å². The van der Waals surface area contributed by atoms with E-state index in [1.807, 2.05) is 26.8 Å². The lowest BCUT2D eigenvalue weighted by atomic mass is 9.45. The summed E-state index contributed by atoms with van der Waals surface area (Å²) in [6, 6.07) is 0. The topological polar surface area (TPSA) is 78.9 Å². The van der Waals surface area contributed by atoms with Crippen molar-refractivity contribution in [1.29, 1.82) is 0 Å². The SMILES string of the molecule is CC(=O)OC(C(=O)C=C(C)C)[C@]12[C@@H](OC(C)=O)O[C@@H]3C=C(C)[C@H]1C[C@@H]32. The second-order valence-corrected chi connectivity index (χ2v) is 7.46. The van der Waals surface area contributed by atoms with Crippen molar-refractivity contribution >= 4 is 17.7 Å². The number of esters is 2. The molecule has 4 rings (SSSR count). The van der Waals surface area contributed by atoms with Crippen LogP contribution in [0.1, 0.15) is 41.0 Å². The van der Waals surface area contributed by atoms with Crippen LogP contribution < -0.4 is 0 Å². The normalized spacial score (nSPS) is 35.8. The maximum Gasteiger partial charge on any atom is 0.304 e. The zero-order valence-corrected chi connectivity index (χ0v) is 15.2. The highest BCUT2D eigenvalue weighted by Gasteiger charge is 2.75. The first-order valence-corrected chi connectivity index (χ1v) is 8.54. The van der Waals surface area contributed by atoms with Gasteiger partial charge >= 0.3 is 11.9 Å². The molecule has 1 saturated heterocycles. The number of hydrogen-bond donors (Lipinski definition) is 0. The molecular formula is C19H24O6. The Kier molecular flexibility index (Phi) is 4.35. The molecule has 0 amide bonds. The molecule has 1 saturated carbocycles. The molecule has 1 aliphatic heterocycles. The fourth-order valence-electron chi connectivity index (χ4n) is 4.70. The van der Waals surface area contributed by atoms with Gasteiger partial charge in [0.15, 0.2) is 11.9 Å². The first-order chi connectivity index (χ1) is 11.7. The number of hydrogen-bond acceptors (Lipinski definition) is 6. The molecule has 0 aromatic heterocycles. The predicted octanol–water partition coefficient (Wildman–Crippen LogP) is 2.32. The number of ether oxygens (including phenoxy) is 3. The van der Waals surface area contributed by atoms with Gasteiger partial charge in [-0.15, -0.1) is 0 Å². The molecule has 2 fully saturated rings. The van der Waals surface area contributed by atoms with Gasteiger partial charge in [-0.25, -0.2) is 0 Å². The molecule has 1 heterocycles. The monoisotopic (exact) mass is 348 g/mol. The van der Waals surface area contributed by atoms with Crippen molar-refractivity contribution in [1.82, 2.24) is 0 Å². The van der Waals surface area contributed by atoms with Gasteiger partial charge in [0.05, 0.1) is 11.5 Å². The molecule has 4 bridgehead atoms. The summed E-state index contributed by atoms with van der Waals surface area (Å²) in [6.45, 7) is 8.20. The van der Waals surface area contributed by atoms with Gasteiger partial charge in [0.25, 0.3) is 0 Å². The first kappa shape index (κ1) is 17.9. The van der Waals surface area contributed by atoms with Crippen LogP contribution in [-0.4, -0.2) is 36.2 Å². The Hall–Kier alpha value is -1.95. The molecule has 0 spiro atoms. The number of rotatable bonds is 5. The smallest absolute Gasteiger partial charge is 0.304 e. The fourth-order valence-corrected chi connectivity index (χ4v) is 4.70. The van der Waals surface area contributed by atoms with E-state index in [1.165, 1.54) is 19.9 Å². The largest absolute Gasteiger partial charge is 0.453 e.